The standard InChI is InChI=1S/C19H15N3OS/c1-12-6-8-14(9-7-12)21-19-22-18(23)17(24-19)10-13-11-20-16-5-3-2-4-15(13)16/h2-11,23H,1H3,(H,21,22)/b13-10-. The number of para-hydroxylation sites is 1. The quantitative estimate of drug-likeness (QED) is 0.696. The largest absolute Gasteiger partial charge is 0.492 e. The maximum Gasteiger partial charge on any atom is 0.231 e. The summed E-state index contributed by atoms with van der Waals surface area (Å²) in [7, 11) is 0. The van der Waals surface area contributed by atoms with E-state index in [0.717, 1.165) is 22.5 Å². The molecule has 0 radical (unpaired) electrons. The molecule has 0 spiro atoms. The van der Waals surface area contributed by atoms with Gasteiger partial charge in [-0.2, -0.15) is 4.98 Å². The van der Waals surface area contributed by atoms with Gasteiger partial charge < -0.3 is 10.4 Å². The number of aromatic nitrogens is 1. The zero-order chi connectivity index (χ0) is 16.5. The predicted octanol–water partition coefficient (Wildman–Crippen LogP) is 5.16. The molecular formula is C19H15N3OS. The Morgan fingerprint density at radius 2 is 1.88 bits per heavy atom. The minimum atomic E-state index is 0.0277. The minimum absolute atomic E-state index is 0.0277. The summed E-state index contributed by atoms with van der Waals surface area (Å²) in [4.78, 5) is 9.29. The van der Waals surface area contributed by atoms with E-state index in [2.05, 4.69) is 15.3 Å². The van der Waals surface area contributed by atoms with E-state index >= 15 is 0 Å². The summed E-state index contributed by atoms with van der Waals surface area (Å²) in [5.74, 6) is 0.0277. The van der Waals surface area contributed by atoms with Crippen molar-refractivity contribution in [1.82, 2.24) is 4.98 Å². The number of aliphatic imine (C=N–C) groups is 1. The highest BCUT2D eigenvalue weighted by atomic mass is 32.1. The molecule has 2 N–H and O–H groups in total. The summed E-state index contributed by atoms with van der Waals surface area (Å²) in [5.41, 5.74) is 5.14. The van der Waals surface area contributed by atoms with Gasteiger partial charge in [-0.1, -0.05) is 47.2 Å². The van der Waals surface area contributed by atoms with Crippen molar-refractivity contribution in [3.05, 3.63) is 64.5 Å². The molecule has 0 bridgehead atoms. The zero-order valence-corrected chi connectivity index (χ0v) is 13.8. The fraction of sp³-hybridized carbons (Fsp3) is 0.0526. The Bertz CT molecular complexity index is 955. The fourth-order valence-corrected chi connectivity index (χ4v) is 3.36. The van der Waals surface area contributed by atoms with Crippen LogP contribution >= 0.6 is 11.3 Å². The fourth-order valence-electron chi connectivity index (χ4n) is 2.53. The first kappa shape index (κ1) is 14.7. The molecule has 4 nitrogen and oxygen atoms in total. The van der Waals surface area contributed by atoms with Crippen LogP contribution in [0.1, 0.15) is 16.0 Å². The summed E-state index contributed by atoms with van der Waals surface area (Å²) >= 11 is 1.41. The van der Waals surface area contributed by atoms with Crippen LogP contribution in [0.25, 0.3) is 11.6 Å². The normalized spacial score (nSPS) is 14.1. The van der Waals surface area contributed by atoms with E-state index in [1.807, 2.05) is 67.7 Å². The maximum atomic E-state index is 10.1. The van der Waals surface area contributed by atoms with Gasteiger partial charge in [0.25, 0.3) is 0 Å². The molecule has 2 aromatic carbocycles. The number of fused-ring (bicyclic) bond motifs is 1. The second-order valence-corrected chi connectivity index (χ2v) is 6.60. The molecule has 5 heteroatoms. The summed E-state index contributed by atoms with van der Waals surface area (Å²) in [6, 6.07) is 16.0. The van der Waals surface area contributed by atoms with Crippen molar-refractivity contribution in [2.45, 2.75) is 6.92 Å². The molecule has 0 fully saturated rings. The number of allylic oxidation sites excluding steroid dienone is 1. The van der Waals surface area contributed by atoms with Crippen molar-refractivity contribution < 1.29 is 5.11 Å². The van der Waals surface area contributed by atoms with Gasteiger partial charge in [-0.3, -0.25) is 4.99 Å². The number of hydrogen-bond acceptors (Lipinski definition) is 5. The molecule has 24 heavy (non-hydrogen) atoms. The van der Waals surface area contributed by atoms with E-state index in [-0.39, 0.29) is 5.88 Å². The summed E-state index contributed by atoms with van der Waals surface area (Å²) in [6.07, 6.45) is 3.74. The highest BCUT2D eigenvalue weighted by Gasteiger charge is 2.14. The van der Waals surface area contributed by atoms with Crippen LogP contribution in [-0.2, 0) is 0 Å². The number of nitrogens with zero attached hydrogens (tertiary/aromatic N) is 2. The van der Waals surface area contributed by atoms with E-state index in [9.17, 15) is 5.11 Å². The first-order valence-electron chi connectivity index (χ1n) is 7.58. The van der Waals surface area contributed by atoms with Gasteiger partial charge in [-0.05, 0) is 31.2 Å². The second kappa shape index (κ2) is 5.94. The lowest BCUT2D eigenvalue weighted by Gasteiger charge is -2.01. The van der Waals surface area contributed by atoms with Crippen LogP contribution in [0.4, 0.5) is 16.5 Å². The minimum Gasteiger partial charge on any atom is -0.492 e. The van der Waals surface area contributed by atoms with Crippen LogP contribution < -0.4 is 5.32 Å². The predicted molar refractivity (Wildman–Crippen MR) is 101 cm³/mol. The lowest BCUT2D eigenvalue weighted by molar-refractivity contribution is 0.457. The van der Waals surface area contributed by atoms with E-state index in [0.29, 0.717) is 10.0 Å². The van der Waals surface area contributed by atoms with E-state index < -0.39 is 0 Å². The molecular weight excluding hydrogens is 318 g/mol. The molecule has 2 heterocycles. The summed E-state index contributed by atoms with van der Waals surface area (Å²) < 4.78 is 0. The third kappa shape index (κ3) is 2.81. The van der Waals surface area contributed by atoms with Crippen molar-refractivity contribution in [1.29, 1.82) is 0 Å². The number of aromatic hydroxyl groups is 1. The van der Waals surface area contributed by atoms with Gasteiger partial charge in [-0.25, -0.2) is 0 Å². The van der Waals surface area contributed by atoms with Gasteiger partial charge in [-0.15, -0.1) is 0 Å². The van der Waals surface area contributed by atoms with Crippen molar-refractivity contribution in [3.63, 3.8) is 0 Å². The molecule has 4 rings (SSSR count). The van der Waals surface area contributed by atoms with Crippen molar-refractivity contribution in [2.24, 2.45) is 4.99 Å². The highest BCUT2D eigenvalue weighted by Crippen LogP contribution is 2.37. The number of rotatable bonds is 3. The molecule has 118 valence electrons. The monoisotopic (exact) mass is 333 g/mol. The summed E-state index contributed by atoms with van der Waals surface area (Å²) in [6.45, 7) is 2.05. The lowest BCUT2D eigenvalue weighted by Crippen LogP contribution is -1.88. The first-order chi connectivity index (χ1) is 11.7. The first-order valence-corrected chi connectivity index (χ1v) is 8.39. The van der Waals surface area contributed by atoms with Gasteiger partial charge in [0.1, 0.15) is 0 Å². The SMILES string of the molecule is Cc1ccc(Nc2nc(O)c(/C=C3/C=Nc4ccccc43)s2)cc1. The van der Waals surface area contributed by atoms with Crippen molar-refractivity contribution in [3.8, 4) is 5.88 Å². The highest BCUT2D eigenvalue weighted by molar-refractivity contribution is 7.16. The number of aryl methyl sites for hydroxylation is 1. The average molecular weight is 333 g/mol. The Kier molecular flexibility index (Phi) is 3.63. The Morgan fingerprint density at radius 1 is 1.08 bits per heavy atom. The van der Waals surface area contributed by atoms with Gasteiger partial charge in [0.2, 0.25) is 5.88 Å². The molecule has 0 aliphatic carbocycles. The van der Waals surface area contributed by atoms with Crippen LogP contribution in [0, 0.1) is 6.92 Å². The van der Waals surface area contributed by atoms with E-state index in [4.69, 9.17) is 0 Å². The second-order valence-electron chi connectivity index (χ2n) is 5.57. The van der Waals surface area contributed by atoms with Gasteiger partial charge >= 0.3 is 0 Å². The van der Waals surface area contributed by atoms with Crippen LogP contribution in [0.5, 0.6) is 5.88 Å². The molecule has 1 aromatic heterocycles. The number of benzene rings is 2. The third-order valence-corrected chi connectivity index (χ3v) is 4.69. The number of anilines is 2. The van der Waals surface area contributed by atoms with E-state index in [1.54, 1.807) is 0 Å². The van der Waals surface area contributed by atoms with Crippen LogP contribution in [0.2, 0.25) is 0 Å². The molecule has 0 amide bonds. The lowest BCUT2D eigenvalue weighted by atomic mass is 10.1. The van der Waals surface area contributed by atoms with Crippen molar-refractivity contribution in [2.75, 3.05) is 5.32 Å². The Balaban J connectivity index is 1.62. The molecule has 0 unspecified atom stereocenters. The average Bonchev–Trinajstić information content (AvgIpc) is 3.14. The molecule has 0 atom stereocenters. The van der Waals surface area contributed by atoms with E-state index in [1.165, 1.54) is 16.9 Å². The number of hydrogen-bond donors (Lipinski definition) is 2. The Morgan fingerprint density at radius 3 is 2.71 bits per heavy atom. The Hall–Kier alpha value is -2.92. The molecule has 1 aliphatic heterocycles. The van der Waals surface area contributed by atoms with Crippen LogP contribution in [0.3, 0.4) is 0 Å². The van der Waals surface area contributed by atoms with Gasteiger partial charge in [0.05, 0.1) is 10.6 Å². The van der Waals surface area contributed by atoms with Crippen LogP contribution in [0.15, 0.2) is 53.5 Å². The maximum absolute atomic E-state index is 10.1. The smallest absolute Gasteiger partial charge is 0.231 e. The van der Waals surface area contributed by atoms with Crippen molar-refractivity contribution >= 4 is 45.7 Å². The van der Waals surface area contributed by atoms with Crippen LogP contribution in [-0.4, -0.2) is 16.3 Å². The molecule has 0 saturated carbocycles. The topological polar surface area (TPSA) is 57.5 Å². The molecule has 0 saturated heterocycles. The molecule has 1 aliphatic rings. The van der Waals surface area contributed by atoms with Gasteiger partial charge in [0.15, 0.2) is 5.13 Å². The Labute approximate surface area is 143 Å². The number of nitrogens with one attached hydrogen (secondary N) is 1. The third-order valence-electron chi connectivity index (χ3n) is 3.78. The summed E-state index contributed by atoms with van der Waals surface area (Å²) in [5, 5.41) is 14.0. The molecule has 3 aromatic rings. The number of thiazole rings is 1. The zero-order valence-electron chi connectivity index (χ0n) is 13.0. The van der Waals surface area contributed by atoms with Gasteiger partial charge in [0, 0.05) is 23.0 Å².